The monoisotopic (exact) mass is 348 g/mol. The second-order valence-corrected chi connectivity index (χ2v) is 5.44. The zero-order valence-electron chi connectivity index (χ0n) is 13.9. The molecule has 0 radical (unpaired) electrons. The fourth-order valence-corrected chi connectivity index (χ4v) is 2.20. The molecule has 2 aromatic carbocycles. The molecule has 1 aromatic heterocycles. The number of pyridine rings is 1. The van der Waals surface area contributed by atoms with Crippen LogP contribution >= 0.6 is 0 Å². The van der Waals surface area contributed by atoms with E-state index >= 15 is 0 Å². The highest BCUT2D eigenvalue weighted by Crippen LogP contribution is 2.09. The third-order valence-corrected chi connectivity index (χ3v) is 3.50. The standard InChI is InChI=1S/C20H17FN4O/c21-16-9-11-17(12-10-16)24-20(23-14-18-8-4-5-13-22-18)25-19(26)15-6-2-1-3-7-15/h1-13H,14H2,(H2,23,24,25,26). The zero-order chi connectivity index (χ0) is 18.2. The lowest BCUT2D eigenvalue weighted by Crippen LogP contribution is -2.36. The quantitative estimate of drug-likeness (QED) is 0.559. The van der Waals surface area contributed by atoms with Crippen LogP contribution in [-0.4, -0.2) is 16.9 Å². The number of hydrogen-bond donors (Lipinski definition) is 2. The summed E-state index contributed by atoms with van der Waals surface area (Å²) >= 11 is 0. The van der Waals surface area contributed by atoms with Crippen molar-refractivity contribution in [2.24, 2.45) is 4.99 Å². The number of rotatable bonds is 4. The molecular weight excluding hydrogens is 331 g/mol. The van der Waals surface area contributed by atoms with Gasteiger partial charge in [-0.2, -0.15) is 0 Å². The first-order valence-electron chi connectivity index (χ1n) is 8.04. The average molecular weight is 348 g/mol. The zero-order valence-corrected chi connectivity index (χ0v) is 13.9. The number of carbonyl (C=O) groups is 1. The minimum Gasteiger partial charge on any atom is -0.326 e. The van der Waals surface area contributed by atoms with Gasteiger partial charge in [-0.1, -0.05) is 24.3 Å². The molecule has 0 spiro atoms. The molecule has 6 heteroatoms. The average Bonchev–Trinajstić information content (AvgIpc) is 2.69. The van der Waals surface area contributed by atoms with E-state index in [2.05, 4.69) is 20.6 Å². The number of hydrogen-bond acceptors (Lipinski definition) is 3. The molecule has 5 nitrogen and oxygen atoms in total. The molecule has 0 atom stereocenters. The van der Waals surface area contributed by atoms with Crippen molar-refractivity contribution in [3.05, 3.63) is 96.1 Å². The first-order chi connectivity index (χ1) is 12.7. The summed E-state index contributed by atoms with van der Waals surface area (Å²) < 4.78 is 13.1. The predicted octanol–water partition coefficient (Wildman–Crippen LogP) is 3.62. The number of carbonyl (C=O) groups excluding carboxylic acids is 1. The molecule has 0 fully saturated rings. The number of nitrogens with one attached hydrogen (secondary N) is 2. The van der Waals surface area contributed by atoms with E-state index in [4.69, 9.17) is 0 Å². The summed E-state index contributed by atoms with van der Waals surface area (Å²) in [5.41, 5.74) is 1.89. The maximum atomic E-state index is 13.1. The second-order valence-electron chi connectivity index (χ2n) is 5.44. The van der Waals surface area contributed by atoms with Gasteiger partial charge in [0.05, 0.1) is 12.2 Å². The Morgan fingerprint density at radius 3 is 2.38 bits per heavy atom. The number of nitrogens with zero attached hydrogens (tertiary/aromatic N) is 2. The number of benzene rings is 2. The van der Waals surface area contributed by atoms with E-state index in [-0.39, 0.29) is 17.7 Å². The molecule has 0 aliphatic rings. The third-order valence-electron chi connectivity index (χ3n) is 3.50. The fourth-order valence-electron chi connectivity index (χ4n) is 2.20. The topological polar surface area (TPSA) is 66.4 Å². The van der Waals surface area contributed by atoms with E-state index in [1.807, 2.05) is 24.3 Å². The minimum absolute atomic E-state index is 0.260. The molecule has 0 aliphatic heterocycles. The number of amides is 1. The highest BCUT2D eigenvalue weighted by atomic mass is 19.1. The lowest BCUT2D eigenvalue weighted by atomic mass is 10.2. The van der Waals surface area contributed by atoms with Crippen LogP contribution in [0.4, 0.5) is 10.1 Å². The van der Waals surface area contributed by atoms with Crippen molar-refractivity contribution in [2.45, 2.75) is 6.54 Å². The predicted molar refractivity (Wildman–Crippen MR) is 99.3 cm³/mol. The van der Waals surface area contributed by atoms with Gasteiger partial charge in [0.15, 0.2) is 0 Å². The molecule has 3 rings (SSSR count). The van der Waals surface area contributed by atoms with E-state index in [0.717, 1.165) is 5.69 Å². The van der Waals surface area contributed by atoms with Crippen LogP contribution in [0.3, 0.4) is 0 Å². The summed E-state index contributed by atoms with van der Waals surface area (Å²) in [6.45, 7) is 0.291. The van der Waals surface area contributed by atoms with Gasteiger partial charge in [-0.25, -0.2) is 9.38 Å². The lowest BCUT2D eigenvalue weighted by Gasteiger charge is -2.12. The van der Waals surface area contributed by atoms with Gasteiger partial charge in [-0.15, -0.1) is 0 Å². The van der Waals surface area contributed by atoms with Crippen molar-refractivity contribution in [1.82, 2.24) is 10.3 Å². The van der Waals surface area contributed by atoms with Gasteiger partial charge in [-0.3, -0.25) is 15.1 Å². The van der Waals surface area contributed by atoms with Crippen LogP contribution in [0.15, 0.2) is 84.0 Å². The Labute approximate surface area is 150 Å². The van der Waals surface area contributed by atoms with Crippen molar-refractivity contribution in [3.8, 4) is 0 Å². The molecule has 2 N–H and O–H groups in total. The smallest absolute Gasteiger partial charge is 0.257 e. The maximum Gasteiger partial charge on any atom is 0.257 e. The molecular formula is C20H17FN4O. The molecule has 0 aliphatic carbocycles. The van der Waals surface area contributed by atoms with Gasteiger partial charge in [-0.05, 0) is 48.5 Å². The molecule has 130 valence electrons. The lowest BCUT2D eigenvalue weighted by molar-refractivity contribution is 0.0977. The minimum atomic E-state index is -0.337. The van der Waals surface area contributed by atoms with Gasteiger partial charge in [0.1, 0.15) is 5.82 Å². The van der Waals surface area contributed by atoms with Crippen LogP contribution in [0.5, 0.6) is 0 Å². The van der Waals surface area contributed by atoms with Crippen molar-refractivity contribution < 1.29 is 9.18 Å². The van der Waals surface area contributed by atoms with Crippen molar-refractivity contribution in [1.29, 1.82) is 0 Å². The van der Waals surface area contributed by atoms with E-state index < -0.39 is 0 Å². The summed E-state index contributed by atoms with van der Waals surface area (Å²) in [6.07, 6.45) is 1.68. The van der Waals surface area contributed by atoms with Crippen LogP contribution in [0.25, 0.3) is 0 Å². The van der Waals surface area contributed by atoms with Gasteiger partial charge in [0.25, 0.3) is 5.91 Å². The van der Waals surface area contributed by atoms with Crippen molar-refractivity contribution in [2.75, 3.05) is 5.32 Å². The van der Waals surface area contributed by atoms with Crippen LogP contribution in [-0.2, 0) is 6.54 Å². The van der Waals surface area contributed by atoms with Gasteiger partial charge >= 0.3 is 0 Å². The molecule has 0 unspecified atom stereocenters. The summed E-state index contributed by atoms with van der Waals surface area (Å²) in [5.74, 6) is -0.369. The molecule has 0 saturated heterocycles. The third kappa shape index (κ3) is 4.98. The Hall–Kier alpha value is -3.54. The summed E-state index contributed by atoms with van der Waals surface area (Å²) in [7, 11) is 0. The first-order valence-corrected chi connectivity index (χ1v) is 8.04. The van der Waals surface area contributed by atoms with Crippen molar-refractivity contribution in [3.63, 3.8) is 0 Å². The number of guanidine groups is 1. The number of aromatic nitrogens is 1. The maximum absolute atomic E-state index is 13.1. The van der Waals surface area contributed by atoms with E-state index in [1.54, 1.807) is 42.6 Å². The Morgan fingerprint density at radius 1 is 0.962 bits per heavy atom. The Morgan fingerprint density at radius 2 is 1.69 bits per heavy atom. The van der Waals surface area contributed by atoms with E-state index in [0.29, 0.717) is 17.8 Å². The highest BCUT2D eigenvalue weighted by molar-refractivity contribution is 6.09. The van der Waals surface area contributed by atoms with E-state index in [1.165, 1.54) is 12.1 Å². The summed E-state index contributed by atoms with van der Waals surface area (Å²) in [4.78, 5) is 21.0. The van der Waals surface area contributed by atoms with Gasteiger partial charge in [0.2, 0.25) is 5.96 Å². The van der Waals surface area contributed by atoms with Crippen LogP contribution in [0.1, 0.15) is 16.1 Å². The molecule has 3 aromatic rings. The van der Waals surface area contributed by atoms with Gasteiger partial charge in [0, 0.05) is 17.4 Å². The number of anilines is 1. The number of halogens is 1. The highest BCUT2D eigenvalue weighted by Gasteiger charge is 2.09. The Kier molecular flexibility index (Phi) is 5.67. The first kappa shape index (κ1) is 17.3. The second kappa shape index (κ2) is 8.53. The molecule has 1 amide bonds. The number of aliphatic imine (C=N–C) groups is 1. The molecule has 0 bridgehead atoms. The largest absolute Gasteiger partial charge is 0.326 e. The molecule has 0 saturated carbocycles. The normalized spacial score (nSPS) is 11.0. The van der Waals surface area contributed by atoms with Crippen LogP contribution in [0.2, 0.25) is 0 Å². The van der Waals surface area contributed by atoms with Crippen LogP contribution < -0.4 is 10.6 Å². The van der Waals surface area contributed by atoms with E-state index in [9.17, 15) is 9.18 Å². The Balaban J connectivity index is 1.78. The SMILES string of the molecule is O=C(NC(=NCc1ccccn1)Nc1ccc(F)cc1)c1ccccc1. The summed E-state index contributed by atoms with van der Waals surface area (Å²) in [5, 5.41) is 5.75. The summed E-state index contributed by atoms with van der Waals surface area (Å²) in [6, 6.07) is 20.2. The fraction of sp³-hybridized carbons (Fsp3) is 0.0500. The van der Waals surface area contributed by atoms with Crippen LogP contribution in [0, 0.1) is 5.82 Å². The molecule has 26 heavy (non-hydrogen) atoms. The molecule has 1 heterocycles. The van der Waals surface area contributed by atoms with Gasteiger partial charge < -0.3 is 5.32 Å². The van der Waals surface area contributed by atoms with Crippen molar-refractivity contribution >= 4 is 17.6 Å². The Bertz CT molecular complexity index is 881.